The summed E-state index contributed by atoms with van der Waals surface area (Å²) in [5.74, 6) is 0.507. The van der Waals surface area contributed by atoms with Crippen molar-refractivity contribution < 1.29 is 13.9 Å². The Morgan fingerprint density at radius 1 is 1.20 bits per heavy atom. The number of rotatable bonds is 4. The Labute approximate surface area is 126 Å². The second-order valence-corrected chi connectivity index (χ2v) is 4.80. The van der Waals surface area contributed by atoms with Gasteiger partial charge in [0.05, 0.1) is 28.4 Å². The van der Waals surface area contributed by atoms with Crippen molar-refractivity contribution in [2.24, 2.45) is 0 Å². The zero-order chi connectivity index (χ0) is 14.7. The summed E-state index contributed by atoms with van der Waals surface area (Å²) in [6.07, 6.45) is 0. The summed E-state index contributed by atoms with van der Waals surface area (Å²) in [6, 6.07) is 7.46. The maximum Gasteiger partial charge on any atom is 0.146 e. The molecule has 0 saturated heterocycles. The number of nitrogens with two attached hydrogens (primary N) is 1. The van der Waals surface area contributed by atoms with E-state index in [1.807, 2.05) is 0 Å². The highest BCUT2D eigenvalue weighted by Gasteiger charge is 2.12. The van der Waals surface area contributed by atoms with Gasteiger partial charge in [-0.2, -0.15) is 0 Å². The van der Waals surface area contributed by atoms with Crippen LogP contribution in [0.15, 0.2) is 30.3 Å². The van der Waals surface area contributed by atoms with Crippen molar-refractivity contribution in [1.82, 2.24) is 0 Å². The first-order chi connectivity index (χ1) is 9.52. The van der Waals surface area contributed by atoms with Gasteiger partial charge in [0.2, 0.25) is 0 Å². The Morgan fingerprint density at radius 2 is 1.95 bits per heavy atom. The van der Waals surface area contributed by atoms with Gasteiger partial charge in [-0.05, 0) is 24.3 Å². The summed E-state index contributed by atoms with van der Waals surface area (Å²) < 4.78 is 23.8. The third-order valence-electron chi connectivity index (χ3n) is 2.72. The summed E-state index contributed by atoms with van der Waals surface area (Å²) >= 11 is 12.1. The molecule has 0 aliphatic heterocycles. The van der Waals surface area contributed by atoms with Crippen LogP contribution in [0.4, 0.5) is 10.1 Å². The molecule has 0 aliphatic carbocycles. The van der Waals surface area contributed by atoms with Gasteiger partial charge in [0.15, 0.2) is 0 Å². The lowest BCUT2D eigenvalue weighted by atomic mass is 10.2. The number of methoxy groups -OCH3 is 1. The molecule has 2 aromatic rings. The second kappa shape index (κ2) is 6.20. The van der Waals surface area contributed by atoms with Gasteiger partial charge in [-0.1, -0.05) is 23.2 Å². The number of hydrogen-bond donors (Lipinski definition) is 1. The molecule has 0 aromatic heterocycles. The van der Waals surface area contributed by atoms with Gasteiger partial charge in [0, 0.05) is 6.07 Å². The molecule has 0 atom stereocenters. The molecule has 106 valence electrons. The van der Waals surface area contributed by atoms with Crippen molar-refractivity contribution in [2.45, 2.75) is 6.61 Å². The lowest BCUT2D eigenvalue weighted by molar-refractivity contribution is 0.296. The van der Waals surface area contributed by atoms with Crippen LogP contribution in [-0.4, -0.2) is 7.11 Å². The summed E-state index contributed by atoms with van der Waals surface area (Å²) in [5, 5.41) is 0.769. The zero-order valence-electron chi connectivity index (χ0n) is 10.6. The van der Waals surface area contributed by atoms with E-state index in [0.29, 0.717) is 27.1 Å². The topological polar surface area (TPSA) is 44.5 Å². The van der Waals surface area contributed by atoms with Crippen LogP contribution in [0, 0.1) is 5.82 Å². The lowest BCUT2D eigenvalue weighted by Crippen LogP contribution is -2.01. The molecule has 0 aliphatic rings. The second-order valence-electron chi connectivity index (χ2n) is 4.01. The van der Waals surface area contributed by atoms with Crippen LogP contribution in [0.5, 0.6) is 11.5 Å². The van der Waals surface area contributed by atoms with Crippen LogP contribution >= 0.6 is 23.2 Å². The van der Waals surface area contributed by atoms with Crippen molar-refractivity contribution in [3.8, 4) is 11.5 Å². The van der Waals surface area contributed by atoms with Gasteiger partial charge in [0.1, 0.15) is 23.9 Å². The van der Waals surface area contributed by atoms with Gasteiger partial charge < -0.3 is 15.2 Å². The van der Waals surface area contributed by atoms with E-state index in [9.17, 15) is 4.39 Å². The SMILES string of the molecule is COc1ccc(Cl)c(Cl)c1COc1ccc(F)c(N)c1. The Hall–Kier alpha value is -1.65. The molecule has 0 bridgehead atoms. The minimum atomic E-state index is -0.490. The van der Waals surface area contributed by atoms with Crippen molar-refractivity contribution in [3.63, 3.8) is 0 Å². The number of hydrogen-bond acceptors (Lipinski definition) is 3. The summed E-state index contributed by atoms with van der Waals surface area (Å²) in [6.45, 7) is 0.133. The molecule has 0 amide bonds. The molecule has 3 nitrogen and oxygen atoms in total. The molecule has 0 radical (unpaired) electrons. The molecule has 0 heterocycles. The van der Waals surface area contributed by atoms with Crippen molar-refractivity contribution in [2.75, 3.05) is 12.8 Å². The normalized spacial score (nSPS) is 10.4. The Kier molecular flexibility index (Phi) is 4.57. The van der Waals surface area contributed by atoms with Crippen LogP contribution in [0.2, 0.25) is 10.0 Å². The first-order valence-corrected chi connectivity index (χ1v) is 6.47. The van der Waals surface area contributed by atoms with E-state index in [1.54, 1.807) is 12.1 Å². The fourth-order valence-corrected chi connectivity index (χ4v) is 2.06. The molecule has 20 heavy (non-hydrogen) atoms. The van der Waals surface area contributed by atoms with E-state index in [-0.39, 0.29) is 12.3 Å². The van der Waals surface area contributed by atoms with Gasteiger partial charge in [-0.15, -0.1) is 0 Å². The fraction of sp³-hybridized carbons (Fsp3) is 0.143. The van der Waals surface area contributed by atoms with Crippen LogP contribution in [0.3, 0.4) is 0 Å². The average molecular weight is 316 g/mol. The van der Waals surface area contributed by atoms with Gasteiger partial charge in [0.25, 0.3) is 0 Å². The van der Waals surface area contributed by atoms with E-state index in [4.69, 9.17) is 38.4 Å². The van der Waals surface area contributed by atoms with Gasteiger partial charge in [-0.25, -0.2) is 4.39 Å². The summed E-state index contributed by atoms with van der Waals surface area (Å²) in [5.41, 5.74) is 6.11. The maximum atomic E-state index is 13.1. The van der Waals surface area contributed by atoms with E-state index in [2.05, 4.69) is 0 Å². The smallest absolute Gasteiger partial charge is 0.146 e. The van der Waals surface area contributed by atoms with E-state index in [1.165, 1.54) is 25.3 Å². The van der Waals surface area contributed by atoms with Crippen molar-refractivity contribution in [3.05, 3.63) is 51.8 Å². The largest absolute Gasteiger partial charge is 0.496 e. The standard InChI is InChI=1S/C14H12Cl2FNO2/c1-19-13-5-3-10(15)14(16)9(13)7-20-8-2-4-11(17)12(18)6-8/h2-6H,7,18H2,1H3. The Balaban J connectivity index is 2.22. The molecule has 6 heteroatoms. The molecule has 0 fully saturated rings. The zero-order valence-corrected chi connectivity index (χ0v) is 12.1. The highest BCUT2D eigenvalue weighted by atomic mass is 35.5. The number of benzene rings is 2. The minimum Gasteiger partial charge on any atom is -0.496 e. The number of halogens is 3. The minimum absolute atomic E-state index is 0.0201. The quantitative estimate of drug-likeness (QED) is 0.855. The van der Waals surface area contributed by atoms with Crippen LogP contribution < -0.4 is 15.2 Å². The first-order valence-electron chi connectivity index (χ1n) is 5.71. The summed E-state index contributed by atoms with van der Waals surface area (Å²) in [7, 11) is 1.53. The van der Waals surface area contributed by atoms with Crippen LogP contribution in [-0.2, 0) is 6.61 Å². The number of ether oxygens (including phenoxy) is 2. The third-order valence-corrected chi connectivity index (χ3v) is 3.57. The van der Waals surface area contributed by atoms with E-state index in [0.717, 1.165) is 0 Å². The Bertz CT molecular complexity index is 635. The average Bonchev–Trinajstić information content (AvgIpc) is 2.44. The predicted molar refractivity (Wildman–Crippen MR) is 78.2 cm³/mol. The summed E-state index contributed by atoms with van der Waals surface area (Å²) in [4.78, 5) is 0. The predicted octanol–water partition coefficient (Wildman–Crippen LogP) is 4.30. The van der Waals surface area contributed by atoms with E-state index >= 15 is 0 Å². The maximum absolute atomic E-state index is 13.1. The van der Waals surface area contributed by atoms with E-state index < -0.39 is 5.82 Å². The van der Waals surface area contributed by atoms with Gasteiger partial charge >= 0.3 is 0 Å². The number of anilines is 1. The monoisotopic (exact) mass is 315 g/mol. The Morgan fingerprint density at radius 3 is 2.60 bits per heavy atom. The first kappa shape index (κ1) is 14.8. The number of nitrogen functional groups attached to an aromatic ring is 1. The molecule has 0 spiro atoms. The third kappa shape index (κ3) is 3.08. The van der Waals surface area contributed by atoms with Crippen LogP contribution in [0.1, 0.15) is 5.56 Å². The molecular formula is C14H12Cl2FNO2. The van der Waals surface area contributed by atoms with Crippen molar-refractivity contribution in [1.29, 1.82) is 0 Å². The highest BCUT2D eigenvalue weighted by molar-refractivity contribution is 6.42. The molecule has 0 unspecified atom stereocenters. The molecule has 2 rings (SSSR count). The highest BCUT2D eigenvalue weighted by Crippen LogP contribution is 2.34. The van der Waals surface area contributed by atoms with Gasteiger partial charge in [-0.3, -0.25) is 0 Å². The fourth-order valence-electron chi connectivity index (χ4n) is 1.67. The van der Waals surface area contributed by atoms with Crippen molar-refractivity contribution >= 4 is 28.9 Å². The molecule has 2 aromatic carbocycles. The molecule has 0 saturated carbocycles. The molecular weight excluding hydrogens is 304 g/mol. The molecule has 2 N–H and O–H groups in total. The van der Waals surface area contributed by atoms with Crippen LogP contribution in [0.25, 0.3) is 0 Å². The lowest BCUT2D eigenvalue weighted by Gasteiger charge is -2.13.